The molecule has 0 aliphatic carbocycles. The van der Waals surface area contributed by atoms with E-state index in [0.29, 0.717) is 0 Å². The Morgan fingerprint density at radius 3 is 2.88 bits per heavy atom. The number of nitrogens with zero attached hydrogens (tertiary/aromatic N) is 1. The van der Waals surface area contributed by atoms with Gasteiger partial charge in [0.1, 0.15) is 5.56 Å². The van der Waals surface area contributed by atoms with Crippen molar-refractivity contribution in [2.75, 3.05) is 6.61 Å². The van der Waals surface area contributed by atoms with E-state index in [-0.39, 0.29) is 12.2 Å². The molecule has 7 nitrogen and oxygen atoms in total. The van der Waals surface area contributed by atoms with Crippen molar-refractivity contribution in [3.8, 4) is 0 Å². The fourth-order valence-electron chi connectivity index (χ4n) is 1.19. The van der Waals surface area contributed by atoms with Crippen LogP contribution in [0.25, 0.3) is 0 Å². The smallest absolute Gasteiger partial charge is 0.328 e. The van der Waals surface area contributed by atoms with Crippen LogP contribution in [0.15, 0.2) is 17.1 Å². The average molecular weight is 226 g/mol. The molecule has 16 heavy (non-hydrogen) atoms. The van der Waals surface area contributed by atoms with E-state index in [1.54, 1.807) is 6.92 Å². The predicted octanol–water partition coefficient (Wildman–Crippen LogP) is 0.389. The molecule has 0 aliphatic heterocycles. The van der Waals surface area contributed by atoms with Crippen LogP contribution in [0.5, 0.6) is 0 Å². The van der Waals surface area contributed by atoms with Gasteiger partial charge in [0.2, 0.25) is 0 Å². The number of pyridine rings is 1. The molecule has 1 aromatic rings. The Hall–Kier alpha value is -2.18. The molecular weight excluding hydrogens is 216 g/mol. The molecule has 0 saturated carbocycles. The fraction of sp³-hybridized carbons (Fsp3) is 0.333. The first kappa shape index (κ1) is 11.9. The molecule has 0 atom stereocenters. The molecule has 0 saturated heterocycles. The number of esters is 1. The van der Waals surface area contributed by atoms with Gasteiger partial charge in [-0.25, -0.2) is 4.98 Å². The van der Waals surface area contributed by atoms with Crippen LogP contribution in [0.3, 0.4) is 0 Å². The second kappa shape index (κ2) is 5.06. The number of H-pyrrole nitrogens is 1. The maximum atomic E-state index is 11.4. The summed E-state index contributed by atoms with van der Waals surface area (Å²) in [7, 11) is 0. The van der Waals surface area contributed by atoms with E-state index < -0.39 is 28.6 Å². The van der Waals surface area contributed by atoms with Gasteiger partial charge in [0.25, 0.3) is 0 Å². The molecule has 1 rings (SSSR count). The second-order valence-electron chi connectivity index (χ2n) is 2.91. The first-order valence-electron chi connectivity index (χ1n) is 4.56. The molecule has 1 heterocycles. The van der Waals surface area contributed by atoms with Crippen molar-refractivity contribution in [1.29, 1.82) is 0 Å². The van der Waals surface area contributed by atoms with Crippen LogP contribution in [-0.4, -0.2) is 22.5 Å². The van der Waals surface area contributed by atoms with Crippen LogP contribution >= 0.6 is 0 Å². The highest BCUT2D eigenvalue weighted by molar-refractivity contribution is 5.73. The molecule has 0 spiro atoms. The van der Waals surface area contributed by atoms with Gasteiger partial charge in [0, 0.05) is 6.07 Å². The van der Waals surface area contributed by atoms with Gasteiger partial charge in [-0.1, -0.05) is 0 Å². The molecular formula is C9H10N2O5. The van der Waals surface area contributed by atoms with Crippen LogP contribution in [0, 0.1) is 10.1 Å². The number of aromatic nitrogens is 1. The number of hydrogen-bond donors (Lipinski definition) is 1. The maximum Gasteiger partial charge on any atom is 0.328 e. The number of ether oxygens (including phenoxy) is 1. The minimum Gasteiger partial charge on any atom is -0.466 e. The van der Waals surface area contributed by atoms with Crippen LogP contribution in [0.2, 0.25) is 0 Å². The van der Waals surface area contributed by atoms with Crippen LogP contribution in [0.4, 0.5) is 5.82 Å². The zero-order valence-corrected chi connectivity index (χ0v) is 8.56. The molecule has 1 N–H and O–H groups in total. The van der Waals surface area contributed by atoms with Gasteiger partial charge in [-0.05, 0) is 11.8 Å². The highest BCUT2D eigenvalue weighted by Crippen LogP contribution is 2.10. The standard InChI is InChI=1S/C9H10N2O5/c1-2-16-8(13)5-6-7(12)3-4-10-9(6)11(14)15/h3-4H,2,5H2,1H3,(H,10,12). The Balaban J connectivity index is 3.06. The Morgan fingerprint density at radius 1 is 1.62 bits per heavy atom. The average Bonchev–Trinajstić information content (AvgIpc) is 2.21. The molecule has 0 amide bonds. The van der Waals surface area contributed by atoms with E-state index in [9.17, 15) is 19.7 Å². The highest BCUT2D eigenvalue weighted by Gasteiger charge is 2.19. The fourth-order valence-corrected chi connectivity index (χ4v) is 1.19. The van der Waals surface area contributed by atoms with Crippen LogP contribution in [0.1, 0.15) is 12.5 Å². The van der Waals surface area contributed by atoms with Gasteiger partial charge in [-0.3, -0.25) is 9.59 Å². The van der Waals surface area contributed by atoms with Gasteiger partial charge in [0.05, 0.1) is 19.2 Å². The lowest BCUT2D eigenvalue weighted by molar-refractivity contribution is -0.390. The third kappa shape index (κ3) is 2.66. The summed E-state index contributed by atoms with van der Waals surface area (Å²) in [6, 6.07) is 1.13. The Kier molecular flexibility index (Phi) is 3.76. The first-order valence-corrected chi connectivity index (χ1v) is 4.56. The normalized spacial score (nSPS) is 9.81. The lowest BCUT2D eigenvalue weighted by Crippen LogP contribution is -2.18. The molecule has 0 aliphatic rings. The van der Waals surface area contributed by atoms with Crippen molar-refractivity contribution in [2.45, 2.75) is 13.3 Å². The summed E-state index contributed by atoms with van der Waals surface area (Å²) < 4.78 is 4.62. The zero-order chi connectivity index (χ0) is 12.1. The minimum atomic E-state index is -0.740. The van der Waals surface area contributed by atoms with E-state index in [4.69, 9.17) is 0 Å². The van der Waals surface area contributed by atoms with Crippen molar-refractivity contribution in [3.05, 3.63) is 38.2 Å². The number of hydrogen-bond acceptors (Lipinski definition) is 5. The topological polar surface area (TPSA) is 102 Å². The number of nitro groups is 1. The SMILES string of the molecule is CCOC(=O)Cc1c([N+](=O)[O-])[nH]ccc1=O. The molecule has 0 radical (unpaired) electrons. The number of aromatic amines is 1. The van der Waals surface area contributed by atoms with Crippen molar-refractivity contribution in [1.82, 2.24) is 4.98 Å². The number of carbonyl (C=O) groups excluding carboxylic acids is 1. The largest absolute Gasteiger partial charge is 0.466 e. The van der Waals surface area contributed by atoms with Gasteiger partial charge >= 0.3 is 11.8 Å². The third-order valence-electron chi connectivity index (χ3n) is 1.85. The predicted molar refractivity (Wildman–Crippen MR) is 54.1 cm³/mol. The van der Waals surface area contributed by atoms with Crippen LogP contribution < -0.4 is 5.43 Å². The quantitative estimate of drug-likeness (QED) is 0.454. The van der Waals surface area contributed by atoms with E-state index in [1.165, 1.54) is 0 Å². The summed E-state index contributed by atoms with van der Waals surface area (Å²) in [6.45, 7) is 1.78. The van der Waals surface area contributed by atoms with Crippen molar-refractivity contribution in [3.63, 3.8) is 0 Å². The third-order valence-corrected chi connectivity index (χ3v) is 1.85. The molecule has 0 unspecified atom stereocenters. The molecule has 1 aromatic heterocycles. The number of nitrogens with one attached hydrogen (secondary N) is 1. The minimum absolute atomic E-state index is 0.164. The zero-order valence-electron chi connectivity index (χ0n) is 8.56. The molecule has 86 valence electrons. The maximum absolute atomic E-state index is 11.4. The number of carbonyl (C=O) groups is 1. The molecule has 0 aromatic carbocycles. The van der Waals surface area contributed by atoms with E-state index in [0.717, 1.165) is 12.3 Å². The summed E-state index contributed by atoms with van der Waals surface area (Å²) in [5.74, 6) is -1.14. The summed E-state index contributed by atoms with van der Waals surface area (Å²) in [6.07, 6.45) is 0.759. The van der Waals surface area contributed by atoms with E-state index >= 15 is 0 Å². The second-order valence-corrected chi connectivity index (χ2v) is 2.91. The van der Waals surface area contributed by atoms with Gasteiger partial charge in [-0.15, -0.1) is 0 Å². The monoisotopic (exact) mass is 226 g/mol. The Bertz CT molecular complexity index is 465. The van der Waals surface area contributed by atoms with Gasteiger partial charge in [0.15, 0.2) is 5.43 Å². The highest BCUT2D eigenvalue weighted by atomic mass is 16.6. The summed E-state index contributed by atoms with van der Waals surface area (Å²) in [4.78, 5) is 34.7. The summed E-state index contributed by atoms with van der Waals surface area (Å²) in [5, 5.41) is 10.6. The Labute approximate surface area is 90.2 Å². The van der Waals surface area contributed by atoms with Crippen molar-refractivity contribution >= 4 is 11.8 Å². The van der Waals surface area contributed by atoms with Crippen LogP contribution in [-0.2, 0) is 16.0 Å². The van der Waals surface area contributed by atoms with Crippen molar-refractivity contribution in [2.24, 2.45) is 0 Å². The Morgan fingerprint density at radius 2 is 2.31 bits per heavy atom. The van der Waals surface area contributed by atoms with E-state index in [1.807, 2.05) is 0 Å². The van der Waals surface area contributed by atoms with Crippen molar-refractivity contribution < 1.29 is 14.5 Å². The molecule has 0 fully saturated rings. The first-order chi connectivity index (χ1) is 7.56. The molecule has 0 bridgehead atoms. The summed E-state index contributed by atoms with van der Waals surface area (Å²) >= 11 is 0. The van der Waals surface area contributed by atoms with Gasteiger partial charge < -0.3 is 14.9 Å². The lowest BCUT2D eigenvalue weighted by Gasteiger charge is -2.02. The van der Waals surface area contributed by atoms with Gasteiger partial charge in [-0.2, -0.15) is 0 Å². The summed E-state index contributed by atoms with van der Waals surface area (Å²) in [5.41, 5.74) is -0.746. The lowest BCUT2D eigenvalue weighted by atomic mass is 10.2. The molecule has 7 heteroatoms. The number of rotatable bonds is 4. The van der Waals surface area contributed by atoms with E-state index in [2.05, 4.69) is 9.72 Å².